The fourth-order valence-corrected chi connectivity index (χ4v) is 3.40. The van der Waals surface area contributed by atoms with E-state index in [-0.39, 0.29) is 23.4 Å². The van der Waals surface area contributed by atoms with Crippen molar-refractivity contribution >= 4 is 11.6 Å². The molecule has 2 aliphatic carbocycles. The van der Waals surface area contributed by atoms with Gasteiger partial charge in [-0.1, -0.05) is 54.5 Å². The van der Waals surface area contributed by atoms with Gasteiger partial charge in [-0.3, -0.25) is 9.59 Å². The molecule has 0 saturated heterocycles. The summed E-state index contributed by atoms with van der Waals surface area (Å²) in [5, 5.41) is 0. The molecule has 0 bridgehead atoms. The number of benzene rings is 1. The Morgan fingerprint density at radius 1 is 1.00 bits per heavy atom. The van der Waals surface area contributed by atoms with Crippen LogP contribution in [0.25, 0.3) is 0 Å². The van der Waals surface area contributed by atoms with Gasteiger partial charge < -0.3 is 0 Å². The number of ketones is 2. The van der Waals surface area contributed by atoms with Gasteiger partial charge in [-0.25, -0.2) is 0 Å². The van der Waals surface area contributed by atoms with Crippen LogP contribution in [-0.4, -0.2) is 11.6 Å². The molecule has 0 radical (unpaired) electrons. The lowest BCUT2D eigenvalue weighted by molar-refractivity contribution is 0.0961. The summed E-state index contributed by atoms with van der Waals surface area (Å²) in [5.41, 5.74) is 4.74. The number of allylic oxidation sites excluding steroid dienone is 6. The fourth-order valence-electron chi connectivity index (χ4n) is 3.40. The number of fused-ring (bicyclic) bond motifs is 1. The quantitative estimate of drug-likeness (QED) is 0.712. The van der Waals surface area contributed by atoms with Crippen LogP contribution in [0.3, 0.4) is 0 Å². The first kappa shape index (κ1) is 14.7. The SMILES string of the molecule is CC(C)=CC1C=C(C)C(C)C2=C1C(=O)c1ccccc1C2=O. The Morgan fingerprint density at radius 2 is 1.55 bits per heavy atom. The summed E-state index contributed by atoms with van der Waals surface area (Å²) >= 11 is 0. The topological polar surface area (TPSA) is 34.1 Å². The lowest BCUT2D eigenvalue weighted by Gasteiger charge is -2.32. The fraction of sp³-hybridized carbons (Fsp3) is 0.300. The van der Waals surface area contributed by atoms with Gasteiger partial charge in [0.1, 0.15) is 0 Å². The number of hydrogen-bond donors (Lipinski definition) is 0. The molecule has 2 heteroatoms. The summed E-state index contributed by atoms with van der Waals surface area (Å²) in [6.45, 7) is 8.09. The van der Waals surface area contributed by atoms with E-state index in [1.54, 1.807) is 12.1 Å². The molecule has 112 valence electrons. The van der Waals surface area contributed by atoms with Gasteiger partial charge in [0.2, 0.25) is 0 Å². The summed E-state index contributed by atoms with van der Waals surface area (Å²) in [7, 11) is 0. The largest absolute Gasteiger partial charge is 0.289 e. The minimum absolute atomic E-state index is 0.00150. The van der Waals surface area contributed by atoms with E-state index >= 15 is 0 Å². The first-order valence-corrected chi connectivity index (χ1v) is 7.67. The molecule has 0 saturated carbocycles. The highest BCUT2D eigenvalue weighted by atomic mass is 16.1. The molecule has 3 rings (SSSR count). The van der Waals surface area contributed by atoms with Gasteiger partial charge in [-0.15, -0.1) is 0 Å². The molecule has 0 fully saturated rings. The average Bonchev–Trinajstić information content (AvgIpc) is 2.47. The number of hydrogen-bond acceptors (Lipinski definition) is 2. The van der Waals surface area contributed by atoms with E-state index in [0.717, 1.165) is 11.1 Å². The highest BCUT2D eigenvalue weighted by Crippen LogP contribution is 2.41. The maximum Gasteiger partial charge on any atom is 0.191 e. The van der Waals surface area contributed by atoms with Crippen molar-refractivity contribution in [2.45, 2.75) is 27.7 Å². The molecule has 2 unspecified atom stereocenters. The van der Waals surface area contributed by atoms with E-state index < -0.39 is 0 Å². The molecule has 0 aliphatic heterocycles. The first-order chi connectivity index (χ1) is 10.4. The van der Waals surface area contributed by atoms with Gasteiger partial charge in [0, 0.05) is 34.1 Å². The third-order valence-electron chi connectivity index (χ3n) is 4.60. The van der Waals surface area contributed by atoms with Crippen molar-refractivity contribution in [2.75, 3.05) is 0 Å². The van der Waals surface area contributed by atoms with E-state index in [9.17, 15) is 9.59 Å². The molecule has 0 N–H and O–H groups in total. The number of carbonyl (C=O) groups excluding carboxylic acids is 2. The predicted octanol–water partition coefficient (Wildman–Crippen LogP) is 4.54. The minimum Gasteiger partial charge on any atom is -0.289 e. The molecular formula is C20H20O2. The molecule has 2 atom stereocenters. The molecule has 1 aromatic carbocycles. The van der Waals surface area contributed by atoms with Crippen LogP contribution in [0.15, 0.2) is 58.7 Å². The average molecular weight is 292 g/mol. The lowest BCUT2D eigenvalue weighted by atomic mass is 9.69. The highest BCUT2D eigenvalue weighted by Gasteiger charge is 2.39. The van der Waals surface area contributed by atoms with Crippen LogP contribution in [0.1, 0.15) is 48.4 Å². The Labute approximate surface area is 131 Å². The molecule has 0 heterocycles. The Hall–Kier alpha value is -2.22. The van der Waals surface area contributed by atoms with Crippen molar-refractivity contribution in [1.29, 1.82) is 0 Å². The lowest BCUT2D eigenvalue weighted by Crippen LogP contribution is -2.31. The standard InChI is InChI=1S/C20H20O2/c1-11(2)9-14-10-12(3)13(4)17-18(14)20(22)16-8-6-5-7-15(16)19(17)21/h5-10,13-14H,1-4H3. The van der Waals surface area contributed by atoms with Crippen LogP contribution in [0.4, 0.5) is 0 Å². The number of rotatable bonds is 1. The van der Waals surface area contributed by atoms with Crippen molar-refractivity contribution in [3.05, 3.63) is 69.8 Å². The van der Waals surface area contributed by atoms with E-state index in [1.807, 2.05) is 39.8 Å². The van der Waals surface area contributed by atoms with Crippen LogP contribution < -0.4 is 0 Å². The summed E-state index contributed by atoms with van der Waals surface area (Å²) < 4.78 is 0. The second kappa shape index (κ2) is 5.20. The zero-order chi connectivity index (χ0) is 16.0. The molecule has 0 aromatic heterocycles. The Morgan fingerprint density at radius 3 is 2.09 bits per heavy atom. The first-order valence-electron chi connectivity index (χ1n) is 7.67. The summed E-state index contributed by atoms with van der Waals surface area (Å²) in [5.74, 6) is -0.0803. The van der Waals surface area contributed by atoms with Crippen LogP contribution >= 0.6 is 0 Å². The third kappa shape index (κ3) is 2.10. The molecule has 2 nitrogen and oxygen atoms in total. The number of carbonyl (C=O) groups is 2. The van der Waals surface area contributed by atoms with Crippen molar-refractivity contribution in [2.24, 2.45) is 11.8 Å². The summed E-state index contributed by atoms with van der Waals surface area (Å²) in [4.78, 5) is 25.9. The van der Waals surface area contributed by atoms with Gasteiger partial charge in [0.05, 0.1) is 0 Å². The third-order valence-corrected chi connectivity index (χ3v) is 4.60. The maximum absolute atomic E-state index is 13.0. The van der Waals surface area contributed by atoms with E-state index in [2.05, 4.69) is 12.2 Å². The van der Waals surface area contributed by atoms with Gasteiger partial charge in [0.15, 0.2) is 11.6 Å². The second-order valence-electron chi connectivity index (χ2n) is 6.43. The Kier molecular flexibility index (Phi) is 3.48. The van der Waals surface area contributed by atoms with Crippen LogP contribution in [0.5, 0.6) is 0 Å². The predicted molar refractivity (Wildman–Crippen MR) is 88.0 cm³/mol. The van der Waals surface area contributed by atoms with Gasteiger partial charge in [-0.2, -0.15) is 0 Å². The summed E-state index contributed by atoms with van der Waals surface area (Å²) in [6, 6.07) is 7.16. The normalized spacial score (nSPS) is 23.7. The van der Waals surface area contributed by atoms with Crippen LogP contribution in [0.2, 0.25) is 0 Å². The van der Waals surface area contributed by atoms with Gasteiger partial charge in [0.25, 0.3) is 0 Å². The zero-order valence-corrected chi connectivity index (χ0v) is 13.4. The van der Waals surface area contributed by atoms with E-state index in [1.165, 1.54) is 0 Å². The van der Waals surface area contributed by atoms with Crippen LogP contribution in [0, 0.1) is 11.8 Å². The van der Waals surface area contributed by atoms with Crippen molar-refractivity contribution < 1.29 is 9.59 Å². The zero-order valence-electron chi connectivity index (χ0n) is 13.4. The summed E-state index contributed by atoms with van der Waals surface area (Å²) in [6.07, 6.45) is 4.19. The molecular weight excluding hydrogens is 272 g/mol. The smallest absolute Gasteiger partial charge is 0.191 e. The van der Waals surface area contributed by atoms with Crippen molar-refractivity contribution in [3.63, 3.8) is 0 Å². The Balaban J connectivity index is 2.25. The molecule has 0 spiro atoms. The maximum atomic E-state index is 13.0. The molecule has 0 amide bonds. The van der Waals surface area contributed by atoms with Gasteiger partial charge in [-0.05, 0) is 20.8 Å². The van der Waals surface area contributed by atoms with Crippen molar-refractivity contribution in [1.82, 2.24) is 0 Å². The molecule has 1 aromatic rings. The van der Waals surface area contributed by atoms with Gasteiger partial charge >= 0.3 is 0 Å². The minimum atomic E-state index is -0.0963. The van der Waals surface area contributed by atoms with E-state index in [0.29, 0.717) is 22.3 Å². The second-order valence-corrected chi connectivity index (χ2v) is 6.43. The number of Topliss-reactive ketones (excluding diaryl/α,β-unsaturated/α-hetero) is 2. The Bertz CT molecular complexity index is 771. The van der Waals surface area contributed by atoms with E-state index in [4.69, 9.17) is 0 Å². The highest BCUT2D eigenvalue weighted by molar-refractivity contribution is 6.27. The van der Waals surface area contributed by atoms with Crippen molar-refractivity contribution in [3.8, 4) is 0 Å². The molecule has 22 heavy (non-hydrogen) atoms. The monoisotopic (exact) mass is 292 g/mol. The molecule has 2 aliphatic rings. The van der Waals surface area contributed by atoms with Crippen LogP contribution in [-0.2, 0) is 0 Å².